The lowest BCUT2D eigenvalue weighted by atomic mass is 9.67. The molecule has 5 unspecified atom stereocenters. The highest BCUT2D eigenvalue weighted by atomic mass is 16.7. The first-order valence-electron chi connectivity index (χ1n) is 15.5. The van der Waals surface area contributed by atoms with Gasteiger partial charge in [-0.3, -0.25) is 19.2 Å². The van der Waals surface area contributed by atoms with Crippen molar-refractivity contribution in [2.45, 2.75) is 81.2 Å². The zero-order valence-electron chi connectivity index (χ0n) is 26.7. The van der Waals surface area contributed by atoms with Gasteiger partial charge < -0.3 is 50.2 Å². The van der Waals surface area contributed by atoms with Crippen molar-refractivity contribution in [2.75, 3.05) is 13.7 Å². The lowest BCUT2D eigenvalue weighted by molar-refractivity contribution is -0.232. The van der Waals surface area contributed by atoms with Crippen LogP contribution in [0.15, 0.2) is 29.8 Å². The van der Waals surface area contributed by atoms with Crippen molar-refractivity contribution >= 4 is 29.2 Å². The fourth-order valence-electron chi connectivity index (χ4n) is 7.52. The molecule has 15 nitrogen and oxygen atoms in total. The largest absolute Gasteiger partial charge is 0.507 e. The lowest BCUT2D eigenvalue weighted by Gasteiger charge is -2.41. The van der Waals surface area contributed by atoms with Crippen LogP contribution in [0.3, 0.4) is 0 Å². The molecule has 3 aliphatic carbocycles. The molecule has 1 aliphatic heterocycles. The van der Waals surface area contributed by atoms with Crippen molar-refractivity contribution in [2.24, 2.45) is 0 Å². The normalized spacial score (nSPS) is 30.2. The molecule has 4 aliphatic rings. The van der Waals surface area contributed by atoms with Crippen LogP contribution >= 0.6 is 0 Å². The molecule has 2 aromatic carbocycles. The maximum atomic E-state index is 13.9. The van der Waals surface area contributed by atoms with Gasteiger partial charge in [0.2, 0.25) is 11.7 Å². The summed E-state index contributed by atoms with van der Waals surface area (Å²) in [6.45, 7) is 1.78. The van der Waals surface area contributed by atoms with E-state index in [9.17, 15) is 49.5 Å². The Bertz CT molecular complexity index is 1850. The number of aliphatic hydroxyl groups is 3. The minimum atomic E-state index is -2.26. The molecule has 1 saturated heterocycles. The van der Waals surface area contributed by atoms with Crippen molar-refractivity contribution in [1.82, 2.24) is 5.32 Å². The molecule has 0 aromatic heterocycles. The third kappa shape index (κ3) is 5.38. The number of Topliss-reactive ketones (excluding diaryl/α,β-unsaturated/α-hetero) is 1. The highest BCUT2D eigenvalue weighted by Gasteiger charge is 2.67. The number of carbonyl (C=O) groups is 5. The van der Waals surface area contributed by atoms with E-state index in [-0.39, 0.29) is 46.4 Å². The van der Waals surface area contributed by atoms with E-state index in [2.05, 4.69) is 5.32 Å². The summed E-state index contributed by atoms with van der Waals surface area (Å²) >= 11 is 0. The molecule has 0 radical (unpaired) electrons. The summed E-state index contributed by atoms with van der Waals surface area (Å²) in [5.41, 5.74) is -5.12. The molecule has 0 bridgehead atoms. The third-order valence-electron chi connectivity index (χ3n) is 10.0. The molecule has 15 heteroatoms. The van der Waals surface area contributed by atoms with Crippen molar-refractivity contribution in [3.8, 4) is 17.2 Å². The number of carbonyl (C=O) groups excluding carboxylic acids is 4. The van der Waals surface area contributed by atoms with Crippen LogP contribution in [0.1, 0.15) is 76.1 Å². The number of phenols is 2. The van der Waals surface area contributed by atoms with Crippen LogP contribution < -0.4 is 10.1 Å². The summed E-state index contributed by atoms with van der Waals surface area (Å²) in [5.74, 6) is -5.89. The molecule has 260 valence electrons. The molecule has 1 saturated carbocycles. The van der Waals surface area contributed by atoms with E-state index in [0.29, 0.717) is 0 Å². The Balaban J connectivity index is 1.39. The number of methoxy groups -OCH3 is 1. The summed E-state index contributed by atoms with van der Waals surface area (Å²) in [5, 5.41) is 67.0. The molecule has 7 N–H and O–H groups in total. The van der Waals surface area contributed by atoms with Gasteiger partial charge in [0, 0.05) is 46.6 Å². The number of rotatable bonds is 8. The monoisotopic (exact) mass is 681 g/mol. The number of fused-ring (bicyclic) bond motifs is 4. The van der Waals surface area contributed by atoms with E-state index in [0.717, 1.165) is 6.08 Å². The topological polar surface area (TPSA) is 246 Å². The number of aliphatic carboxylic acids is 1. The Morgan fingerprint density at radius 1 is 1.10 bits per heavy atom. The first-order chi connectivity index (χ1) is 23.1. The summed E-state index contributed by atoms with van der Waals surface area (Å²) in [4.78, 5) is 64.2. The van der Waals surface area contributed by atoms with Crippen LogP contribution in [0.4, 0.5) is 0 Å². The average Bonchev–Trinajstić information content (AvgIpc) is 3.71. The third-order valence-corrected chi connectivity index (χ3v) is 10.0. The van der Waals surface area contributed by atoms with E-state index in [1.807, 2.05) is 0 Å². The molecule has 2 aromatic rings. The van der Waals surface area contributed by atoms with Gasteiger partial charge in [-0.15, -0.1) is 0 Å². The number of nitrogens with one attached hydrogen (secondary N) is 1. The van der Waals surface area contributed by atoms with Gasteiger partial charge in [0.05, 0.1) is 42.0 Å². The van der Waals surface area contributed by atoms with Gasteiger partial charge in [-0.25, -0.2) is 4.79 Å². The maximum absolute atomic E-state index is 13.9. The highest BCUT2D eigenvalue weighted by Crippen LogP contribution is 2.64. The van der Waals surface area contributed by atoms with E-state index >= 15 is 0 Å². The van der Waals surface area contributed by atoms with Gasteiger partial charge in [0.25, 0.3) is 0 Å². The van der Waals surface area contributed by atoms with E-state index in [1.54, 1.807) is 0 Å². The molecule has 1 amide bonds. The second-order valence-electron chi connectivity index (χ2n) is 13.0. The number of carboxylic acids is 1. The lowest BCUT2D eigenvalue weighted by Crippen LogP contribution is -2.55. The number of amides is 1. The zero-order chi connectivity index (χ0) is 35.7. The SMILES string of the molecule is COc1cccc2c1C(=O)c1c(O)c3c(c(O)c1C2=O)C[C@@](O)(C(=O)CO)C[C@@]31CC1OC1CC(NC(=O)/C(C)=C/C(=O)O)C(O)C(C)O1. The van der Waals surface area contributed by atoms with Crippen molar-refractivity contribution < 1.29 is 68.8 Å². The molecule has 7 atom stereocenters. The Morgan fingerprint density at radius 3 is 2.45 bits per heavy atom. The second kappa shape index (κ2) is 12.0. The fourth-order valence-corrected chi connectivity index (χ4v) is 7.52. The van der Waals surface area contributed by atoms with Crippen LogP contribution in [-0.4, -0.2) is 110 Å². The standard InChI is InChI=1S/C34H35NO14/c1-13(7-21(38)39)32(45)35-17-8-22(48-14(2)27(17)40)49-20-10-33(20)12-34(46,19(37)11-36)9-16-26(33)31(44)25-24(29(16)42)28(41)15-5-4-6-18(47-3)23(15)30(25)43/h4-7,14,17,20,22,27,36,40,42,44,46H,8-12H2,1-3H3,(H,35,45)(H,38,39)/b13-7+/t14?,17?,20?,22?,27?,33-,34+/m1/s1. The molecule has 1 heterocycles. The summed E-state index contributed by atoms with van der Waals surface area (Å²) in [6.07, 6.45) is -4.45. The number of ether oxygens (including phenoxy) is 3. The fraction of sp³-hybridized carbons (Fsp3) is 0.441. The van der Waals surface area contributed by atoms with Gasteiger partial charge >= 0.3 is 5.97 Å². The van der Waals surface area contributed by atoms with Crippen LogP contribution in [0.2, 0.25) is 0 Å². The first-order valence-corrected chi connectivity index (χ1v) is 15.5. The molecular formula is C34H35NO14. The molecule has 2 fully saturated rings. The number of aromatic hydroxyl groups is 2. The Morgan fingerprint density at radius 2 is 1.80 bits per heavy atom. The number of phenolic OH excluding ortho intramolecular Hbond substituents is 2. The maximum Gasteiger partial charge on any atom is 0.328 e. The smallest absolute Gasteiger partial charge is 0.328 e. The number of carboxylic acid groups (broad SMARTS) is 1. The predicted molar refractivity (Wildman–Crippen MR) is 164 cm³/mol. The van der Waals surface area contributed by atoms with Crippen LogP contribution in [0, 0.1) is 0 Å². The minimum Gasteiger partial charge on any atom is -0.507 e. The number of benzene rings is 2. The predicted octanol–water partition coefficient (Wildman–Crippen LogP) is 0.159. The van der Waals surface area contributed by atoms with Crippen molar-refractivity contribution in [3.05, 3.63) is 63.2 Å². The molecule has 6 rings (SSSR count). The molecular weight excluding hydrogens is 646 g/mol. The highest BCUT2D eigenvalue weighted by molar-refractivity contribution is 6.31. The zero-order valence-corrected chi connectivity index (χ0v) is 26.7. The Kier molecular flexibility index (Phi) is 8.40. The van der Waals surface area contributed by atoms with Crippen molar-refractivity contribution in [1.29, 1.82) is 0 Å². The summed E-state index contributed by atoms with van der Waals surface area (Å²) in [6, 6.07) is 3.39. The Hall–Kier alpha value is -4.67. The van der Waals surface area contributed by atoms with Gasteiger partial charge in [-0.1, -0.05) is 12.1 Å². The molecule has 49 heavy (non-hydrogen) atoms. The van der Waals surface area contributed by atoms with E-state index in [1.165, 1.54) is 39.2 Å². The van der Waals surface area contributed by atoms with Crippen molar-refractivity contribution in [3.63, 3.8) is 0 Å². The number of ketones is 3. The van der Waals surface area contributed by atoms with Crippen LogP contribution in [0.5, 0.6) is 17.2 Å². The van der Waals surface area contributed by atoms with Gasteiger partial charge in [0.15, 0.2) is 17.9 Å². The molecule has 1 spiro atoms. The first kappa shape index (κ1) is 34.2. The Labute approximate surface area is 278 Å². The number of aliphatic hydroxyl groups excluding tert-OH is 2. The summed E-state index contributed by atoms with van der Waals surface area (Å²) in [7, 11) is 1.31. The number of hydrogen-bond acceptors (Lipinski definition) is 13. The van der Waals surface area contributed by atoms with Crippen LogP contribution in [0.25, 0.3) is 0 Å². The van der Waals surface area contributed by atoms with E-state index < -0.39 is 113 Å². The number of hydrogen-bond donors (Lipinski definition) is 7. The van der Waals surface area contributed by atoms with Crippen LogP contribution in [-0.2, 0) is 35.7 Å². The minimum absolute atomic E-state index is 0.00755. The average molecular weight is 682 g/mol. The van der Waals surface area contributed by atoms with Gasteiger partial charge in [-0.2, -0.15) is 0 Å². The van der Waals surface area contributed by atoms with Gasteiger partial charge in [-0.05, 0) is 32.8 Å². The second-order valence-corrected chi connectivity index (χ2v) is 13.0. The van der Waals surface area contributed by atoms with Gasteiger partial charge in [0.1, 0.15) is 35.6 Å². The quantitative estimate of drug-likeness (QED) is 0.124. The summed E-state index contributed by atoms with van der Waals surface area (Å²) < 4.78 is 17.4. The van der Waals surface area contributed by atoms with E-state index in [4.69, 9.17) is 19.3 Å².